The Labute approximate surface area is 123 Å². The van der Waals surface area contributed by atoms with Gasteiger partial charge in [-0.05, 0) is 12.8 Å². The van der Waals surface area contributed by atoms with Crippen molar-refractivity contribution in [1.82, 2.24) is 0 Å². The maximum Gasteiger partial charge on any atom is 0.293 e. The van der Waals surface area contributed by atoms with E-state index in [-0.39, 0.29) is 0 Å². The second-order valence-electron chi connectivity index (χ2n) is 4.45. The minimum Gasteiger partial charge on any atom is -0.396 e. The molecule has 14 heteroatoms. The van der Waals surface area contributed by atoms with Gasteiger partial charge in [0.1, 0.15) is 5.75 Å². The number of halogens is 4. The molecule has 0 aromatic heterocycles. The van der Waals surface area contributed by atoms with Crippen molar-refractivity contribution in [3.05, 3.63) is 0 Å². The Kier molecular flexibility index (Phi) is 6.75. The summed E-state index contributed by atoms with van der Waals surface area (Å²) in [6.45, 7) is -0.925. The van der Waals surface area contributed by atoms with Crippen molar-refractivity contribution < 1.29 is 53.7 Å². The van der Waals surface area contributed by atoms with Crippen LogP contribution < -0.4 is 0 Å². The molecule has 0 radical (unpaired) electrons. The average molecular weight is 378 g/mol. The van der Waals surface area contributed by atoms with Crippen LogP contribution >= 0.6 is 0 Å². The lowest BCUT2D eigenvalue weighted by Crippen LogP contribution is -2.63. The van der Waals surface area contributed by atoms with Crippen LogP contribution in [0.3, 0.4) is 0 Å². The first-order chi connectivity index (χ1) is 9.58. The first-order valence-corrected chi connectivity index (χ1v) is 8.60. The van der Waals surface area contributed by atoms with Crippen LogP contribution in [0.1, 0.15) is 12.8 Å². The maximum atomic E-state index is 13.9. The molecule has 22 heavy (non-hydrogen) atoms. The average Bonchev–Trinajstić information content (AvgIpc) is 2.19. The second-order valence-corrected chi connectivity index (χ2v) is 7.44. The summed E-state index contributed by atoms with van der Waals surface area (Å²) in [5.74, 6) is -7.62. The first-order valence-electron chi connectivity index (χ1n) is 5.49. The van der Waals surface area contributed by atoms with Crippen molar-refractivity contribution >= 4 is 20.2 Å². The number of alkyl halides is 4. The van der Waals surface area contributed by atoms with Gasteiger partial charge >= 0.3 is 0 Å². The van der Waals surface area contributed by atoms with E-state index in [2.05, 4.69) is 0 Å². The summed E-state index contributed by atoms with van der Waals surface area (Å²) in [6.07, 6.45) is -6.50. The van der Waals surface area contributed by atoms with E-state index in [0.717, 1.165) is 0 Å². The van der Waals surface area contributed by atoms with Crippen LogP contribution in [0, 0.1) is 0 Å². The van der Waals surface area contributed by atoms with E-state index in [1.165, 1.54) is 0 Å². The molecule has 0 aliphatic heterocycles. The van der Waals surface area contributed by atoms with Gasteiger partial charge in [-0.15, -0.1) is 0 Å². The van der Waals surface area contributed by atoms with Crippen LogP contribution in [0.4, 0.5) is 17.6 Å². The molecule has 0 fully saturated rings. The lowest BCUT2D eigenvalue weighted by atomic mass is 9.87. The fourth-order valence-electron chi connectivity index (χ4n) is 1.82. The van der Waals surface area contributed by atoms with Gasteiger partial charge in [-0.2, -0.15) is 16.8 Å². The number of hydrogen-bond donors (Lipinski definition) is 4. The van der Waals surface area contributed by atoms with Crippen molar-refractivity contribution in [3.8, 4) is 0 Å². The topological polar surface area (TPSA) is 149 Å². The molecule has 2 unspecified atom stereocenters. The van der Waals surface area contributed by atoms with Crippen molar-refractivity contribution in [3.63, 3.8) is 0 Å². The Bertz CT molecular complexity index is 575. The summed E-state index contributed by atoms with van der Waals surface area (Å²) in [6, 6.07) is 0. The Morgan fingerprint density at radius 1 is 1.05 bits per heavy atom. The van der Waals surface area contributed by atoms with E-state index in [1.54, 1.807) is 0 Å². The predicted octanol–water partition coefficient (Wildman–Crippen LogP) is -0.465. The zero-order chi connectivity index (χ0) is 18.0. The quantitative estimate of drug-likeness (QED) is 0.311. The van der Waals surface area contributed by atoms with E-state index in [4.69, 9.17) is 14.2 Å². The molecule has 0 amide bonds. The minimum absolute atomic E-state index is 0.809. The van der Waals surface area contributed by atoms with E-state index in [1.807, 2.05) is 0 Å². The second kappa shape index (κ2) is 6.92. The summed E-state index contributed by atoms with van der Waals surface area (Å²) >= 11 is 0. The van der Waals surface area contributed by atoms with Gasteiger partial charge in [-0.1, -0.05) is 0 Å². The normalized spacial score (nSPS) is 18.2. The Balaban J connectivity index is 6.14. The zero-order valence-electron chi connectivity index (χ0n) is 10.7. The van der Waals surface area contributed by atoms with E-state index in [9.17, 15) is 39.5 Å². The molecule has 0 aliphatic rings. The lowest BCUT2D eigenvalue weighted by molar-refractivity contribution is -0.187. The molecule has 0 bridgehead atoms. The smallest absolute Gasteiger partial charge is 0.293 e. The highest BCUT2D eigenvalue weighted by Crippen LogP contribution is 2.41. The molecule has 0 heterocycles. The van der Waals surface area contributed by atoms with Gasteiger partial charge in [0.05, 0.1) is 0 Å². The van der Waals surface area contributed by atoms with Crippen LogP contribution in [-0.2, 0) is 20.2 Å². The van der Waals surface area contributed by atoms with Crippen LogP contribution in [0.2, 0.25) is 0 Å². The summed E-state index contributed by atoms with van der Waals surface area (Å²) in [5, 5.41) is 14.5. The van der Waals surface area contributed by atoms with E-state index >= 15 is 0 Å². The van der Waals surface area contributed by atoms with Crippen LogP contribution in [0.15, 0.2) is 0 Å². The Morgan fingerprint density at radius 3 is 1.77 bits per heavy atom. The van der Waals surface area contributed by atoms with Gasteiger partial charge in [0.15, 0.2) is 10.9 Å². The third kappa shape index (κ3) is 5.27. The molecule has 0 aliphatic carbocycles. The highest BCUT2D eigenvalue weighted by Gasteiger charge is 2.65. The predicted molar refractivity (Wildman–Crippen MR) is 64.0 cm³/mol. The van der Waals surface area contributed by atoms with Crippen LogP contribution in [0.5, 0.6) is 0 Å². The van der Waals surface area contributed by atoms with Gasteiger partial charge in [0.2, 0.25) is 0 Å². The van der Waals surface area contributed by atoms with Gasteiger partial charge in [0, 0.05) is 6.61 Å². The third-order valence-electron chi connectivity index (χ3n) is 2.73. The van der Waals surface area contributed by atoms with Gasteiger partial charge < -0.3 is 10.2 Å². The number of rotatable bonds is 9. The Morgan fingerprint density at radius 2 is 1.50 bits per heavy atom. The lowest BCUT2D eigenvalue weighted by Gasteiger charge is -2.39. The highest BCUT2D eigenvalue weighted by molar-refractivity contribution is 7.86. The standard InChI is InChI=1S/C8H14F4O8S2/c9-6(10)5(22(18,19)20)7(14,2-1-3-13)8(11,12)4-21(15,16)17/h5-6,13-14H,1-4H2,(H,15,16,17)(H,18,19,20). The minimum atomic E-state index is -5.93. The first kappa shape index (κ1) is 21.5. The molecule has 134 valence electrons. The monoisotopic (exact) mass is 378 g/mol. The summed E-state index contributed by atoms with van der Waals surface area (Å²) < 4.78 is 113. The van der Waals surface area contributed by atoms with Gasteiger partial charge in [-0.25, -0.2) is 17.6 Å². The summed E-state index contributed by atoms with van der Waals surface area (Å²) in [5.41, 5.74) is -4.24. The van der Waals surface area contributed by atoms with Crippen LogP contribution in [0.25, 0.3) is 0 Å². The van der Waals surface area contributed by atoms with Gasteiger partial charge in [-0.3, -0.25) is 9.11 Å². The molecule has 0 rings (SSSR count). The molecular formula is C8H14F4O8S2. The van der Waals surface area contributed by atoms with Crippen LogP contribution in [-0.4, -0.2) is 71.7 Å². The fraction of sp³-hybridized carbons (Fsp3) is 1.00. The van der Waals surface area contributed by atoms with Gasteiger partial charge in [0.25, 0.3) is 32.6 Å². The molecule has 0 spiro atoms. The van der Waals surface area contributed by atoms with Crippen molar-refractivity contribution in [2.24, 2.45) is 0 Å². The molecule has 2 atom stereocenters. The molecular weight excluding hydrogens is 364 g/mol. The summed E-state index contributed by atoms with van der Waals surface area (Å²) in [4.78, 5) is 0. The number of aliphatic hydroxyl groups excluding tert-OH is 1. The number of aliphatic hydroxyl groups is 2. The maximum absolute atomic E-state index is 13.9. The molecule has 0 aromatic carbocycles. The highest BCUT2D eigenvalue weighted by atomic mass is 32.2. The summed E-state index contributed by atoms with van der Waals surface area (Å²) in [7, 11) is -11.4. The largest absolute Gasteiger partial charge is 0.396 e. The van der Waals surface area contributed by atoms with Crippen molar-refractivity contribution in [1.29, 1.82) is 0 Å². The van der Waals surface area contributed by atoms with Crippen molar-refractivity contribution in [2.45, 2.75) is 36.0 Å². The molecule has 0 aromatic rings. The molecule has 8 nitrogen and oxygen atoms in total. The Hall–Kier alpha value is -0.540. The van der Waals surface area contributed by atoms with Crippen molar-refractivity contribution in [2.75, 3.05) is 12.4 Å². The number of hydrogen-bond acceptors (Lipinski definition) is 6. The SMILES string of the molecule is O=S(=O)(O)CC(F)(F)C(O)(CCCO)C(C(F)F)S(=O)(=O)O. The fourth-order valence-corrected chi connectivity index (χ4v) is 3.57. The molecule has 0 saturated carbocycles. The third-order valence-corrected chi connectivity index (χ3v) is 4.70. The molecule has 0 saturated heterocycles. The molecule has 4 N–H and O–H groups in total. The van der Waals surface area contributed by atoms with E-state index in [0.29, 0.717) is 0 Å². The van der Waals surface area contributed by atoms with E-state index < -0.39 is 68.6 Å². The zero-order valence-corrected chi connectivity index (χ0v) is 12.4.